The van der Waals surface area contributed by atoms with Crippen LogP contribution in [0.4, 0.5) is 0 Å². The maximum Gasteiger partial charge on any atom is 0.0786 e. The van der Waals surface area contributed by atoms with E-state index in [1.807, 2.05) is 0 Å². The van der Waals surface area contributed by atoms with E-state index in [0.29, 0.717) is 0 Å². The summed E-state index contributed by atoms with van der Waals surface area (Å²) >= 11 is 0. The summed E-state index contributed by atoms with van der Waals surface area (Å²) in [7, 11) is 1.77. The highest BCUT2D eigenvalue weighted by Crippen LogP contribution is 2.16. The van der Waals surface area contributed by atoms with Gasteiger partial charge in [0.1, 0.15) is 0 Å². The van der Waals surface area contributed by atoms with Crippen LogP contribution in [-0.4, -0.2) is 25.8 Å². The van der Waals surface area contributed by atoms with Crippen LogP contribution >= 0.6 is 12.4 Å². The minimum atomic E-state index is 0. The molecule has 0 bridgehead atoms. The van der Waals surface area contributed by atoms with E-state index in [1.165, 1.54) is 0 Å². The van der Waals surface area contributed by atoms with Crippen molar-refractivity contribution in [3.8, 4) is 0 Å². The summed E-state index contributed by atoms with van der Waals surface area (Å²) in [4.78, 5) is 0. The lowest BCUT2D eigenvalue weighted by Crippen LogP contribution is -2.29. The summed E-state index contributed by atoms with van der Waals surface area (Å²) in [5.41, 5.74) is 0.125. The second-order valence-electron chi connectivity index (χ2n) is 2.58. The topological polar surface area (TPSA) is 21.3 Å². The number of ether oxygens (including phenoxy) is 1. The summed E-state index contributed by atoms with van der Waals surface area (Å²) < 4.78 is 5.24. The Morgan fingerprint density at radius 2 is 2.22 bits per heavy atom. The van der Waals surface area contributed by atoms with E-state index in [1.54, 1.807) is 7.11 Å². The van der Waals surface area contributed by atoms with E-state index >= 15 is 0 Å². The molecule has 1 rings (SSSR count). The number of hydrogen-bond acceptors (Lipinski definition) is 2. The van der Waals surface area contributed by atoms with Crippen LogP contribution in [0.2, 0.25) is 0 Å². The SMILES string of the molecule is CO[C@]1(C)CCNC1.Cl. The second kappa shape index (κ2) is 3.40. The molecule has 0 spiro atoms. The fourth-order valence-electron chi connectivity index (χ4n) is 0.968. The van der Waals surface area contributed by atoms with Crippen molar-refractivity contribution in [1.29, 1.82) is 0 Å². The molecule has 1 fully saturated rings. The highest BCUT2D eigenvalue weighted by molar-refractivity contribution is 5.85. The molecule has 0 aromatic carbocycles. The lowest BCUT2D eigenvalue weighted by atomic mass is 10.1. The summed E-state index contributed by atoms with van der Waals surface area (Å²) in [5.74, 6) is 0. The van der Waals surface area contributed by atoms with Gasteiger partial charge < -0.3 is 10.1 Å². The molecule has 0 aliphatic carbocycles. The number of hydrogen-bond donors (Lipinski definition) is 1. The Labute approximate surface area is 62.4 Å². The standard InChI is InChI=1S/C6H13NO.ClH/c1-6(8-2)3-4-7-5-6;/h7H,3-5H2,1-2H3;1H/t6-;/m1./s1. The largest absolute Gasteiger partial charge is 0.377 e. The van der Waals surface area contributed by atoms with Gasteiger partial charge in [0, 0.05) is 13.7 Å². The second-order valence-corrected chi connectivity index (χ2v) is 2.58. The van der Waals surface area contributed by atoms with Crippen molar-refractivity contribution in [3.05, 3.63) is 0 Å². The molecular weight excluding hydrogens is 138 g/mol. The zero-order valence-corrected chi connectivity index (χ0v) is 6.75. The van der Waals surface area contributed by atoms with Crippen LogP contribution in [0, 0.1) is 0 Å². The van der Waals surface area contributed by atoms with Crippen molar-refractivity contribution in [2.24, 2.45) is 0 Å². The molecule has 0 unspecified atom stereocenters. The molecule has 1 aliphatic rings. The Morgan fingerprint density at radius 1 is 1.56 bits per heavy atom. The lowest BCUT2D eigenvalue weighted by molar-refractivity contribution is 0.0242. The number of halogens is 1. The van der Waals surface area contributed by atoms with Crippen molar-refractivity contribution < 1.29 is 4.74 Å². The molecule has 0 aromatic rings. The summed E-state index contributed by atoms with van der Waals surface area (Å²) in [6.07, 6.45) is 1.14. The normalized spacial score (nSPS) is 34.0. The Morgan fingerprint density at radius 3 is 2.44 bits per heavy atom. The molecular formula is C6H14ClNO. The van der Waals surface area contributed by atoms with E-state index in [9.17, 15) is 0 Å². The molecule has 1 atom stereocenters. The van der Waals surface area contributed by atoms with Crippen LogP contribution in [0.1, 0.15) is 13.3 Å². The zero-order chi connectivity index (χ0) is 6.04. The van der Waals surface area contributed by atoms with Crippen LogP contribution in [0.25, 0.3) is 0 Å². The van der Waals surface area contributed by atoms with Crippen molar-refractivity contribution in [1.82, 2.24) is 5.32 Å². The molecule has 9 heavy (non-hydrogen) atoms. The summed E-state index contributed by atoms with van der Waals surface area (Å²) in [6, 6.07) is 0. The third kappa shape index (κ3) is 2.12. The van der Waals surface area contributed by atoms with Crippen LogP contribution in [0.15, 0.2) is 0 Å². The van der Waals surface area contributed by atoms with Crippen molar-refractivity contribution >= 4 is 12.4 Å². The first kappa shape index (κ1) is 9.21. The monoisotopic (exact) mass is 151 g/mol. The third-order valence-corrected chi connectivity index (χ3v) is 1.82. The molecule has 1 heterocycles. The van der Waals surface area contributed by atoms with E-state index in [-0.39, 0.29) is 18.0 Å². The van der Waals surface area contributed by atoms with Gasteiger partial charge in [-0.1, -0.05) is 0 Å². The van der Waals surface area contributed by atoms with Gasteiger partial charge in [-0.25, -0.2) is 0 Å². The van der Waals surface area contributed by atoms with Gasteiger partial charge in [0.15, 0.2) is 0 Å². The summed E-state index contributed by atoms with van der Waals surface area (Å²) in [5, 5.41) is 3.24. The third-order valence-electron chi connectivity index (χ3n) is 1.82. The molecule has 56 valence electrons. The maximum atomic E-state index is 5.24. The van der Waals surface area contributed by atoms with Crippen LogP contribution < -0.4 is 5.32 Å². The minimum absolute atomic E-state index is 0. The number of methoxy groups -OCH3 is 1. The lowest BCUT2D eigenvalue weighted by Gasteiger charge is -2.19. The van der Waals surface area contributed by atoms with Gasteiger partial charge in [0.2, 0.25) is 0 Å². The molecule has 0 aromatic heterocycles. The molecule has 0 radical (unpaired) electrons. The summed E-state index contributed by atoms with van der Waals surface area (Å²) in [6.45, 7) is 4.24. The Kier molecular flexibility index (Phi) is 3.48. The smallest absolute Gasteiger partial charge is 0.0786 e. The van der Waals surface area contributed by atoms with Crippen LogP contribution in [-0.2, 0) is 4.74 Å². The fourth-order valence-corrected chi connectivity index (χ4v) is 0.968. The van der Waals surface area contributed by atoms with E-state index in [2.05, 4.69) is 12.2 Å². The van der Waals surface area contributed by atoms with Crippen LogP contribution in [0.5, 0.6) is 0 Å². The predicted octanol–water partition coefficient (Wildman–Crippen LogP) is 0.807. The molecule has 0 amide bonds. The first-order valence-corrected chi connectivity index (χ1v) is 3.03. The molecule has 3 heteroatoms. The van der Waals surface area contributed by atoms with E-state index in [0.717, 1.165) is 19.5 Å². The Balaban J connectivity index is 0.000000640. The highest BCUT2D eigenvalue weighted by Gasteiger charge is 2.27. The quantitative estimate of drug-likeness (QED) is 0.599. The average molecular weight is 152 g/mol. The Hall–Kier alpha value is 0.210. The van der Waals surface area contributed by atoms with Crippen molar-refractivity contribution in [2.45, 2.75) is 18.9 Å². The average Bonchev–Trinajstić information content (AvgIpc) is 2.17. The van der Waals surface area contributed by atoms with Crippen molar-refractivity contribution in [3.63, 3.8) is 0 Å². The van der Waals surface area contributed by atoms with Gasteiger partial charge in [-0.15, -0.1) is 12.4 Å². The Bertz CT molecular complexity index is 81.1. The predicted molar refractivity (Wildman–Crippen MR) is 40.1 cm³/mol. The molecule has 1 N–H and O–H groups in total. The molecule has 2 nitrogen and oxygen atoms in total. The highest BCUT2D eigenvalue weighted by atomic mass is 35.5. The van der Waals surface area contributed by atoms with Gasteiger partial charge in [-0.2, -0.15) is 0 Å². The van der Waals surface area contributed by atoms with Gasteiger partial charge in [-0.05, 0) is 19.9 Å². The molecule has 1 aliphatic heterocycles. The minimum Gasteiger partial charge on any atom is -0.377 e. The first-order chi connectivity index (χ1) is 3.77. The first-order valence-electron chi connectivity index (χ1n) is 3.03. The number of nitrogens with one attached hydrogen (secondary N) is 1. The van der Waals surface area contributed by atoms with E-state index in [4.69, 9.17) is 4.74 Å². The molecule has 0 saturated carbocycles. The van der Waals surface area contributed by atoms with Crippen LogP contribution in [0.3, 0.4) is 0 Å². The number of rotatable bonds is 1. The molecule has 1 saturated heterocycles. The maximum absolute atomic E-state index is 5.24. The van der Waals surface area contributed by atoms with E-state index < -0.39 is 0 Å². The van der Waals surface area contributed by atoms with Gasteiger partial charge in [0.25, 0.3) is 0 Å². The fraction of sp³-hybridized carbons (Fsp3) is 1.00. The van der Waals surface area contributed by atoms with Gasteiger partial charge >= 0.3 is 0 Å². The zero-order valence-electron chi connectivity index (χ0n) is 5.94. The van der Waals surface area contributed by atoms with Gasteiger partial charge in [-0.3, -0.25) is 0 Å². The van der Waals surface area contributed by atoms with Crippen molar-refractivity contribution in [2.75, 3.05) is 20.2 Å². The van der Waals surface area contributed by atoms with Gasteiger partial charge in [0.05, 0.1) is 5.60 Å².